The fourth-order valence-electron chi connectivity index (χ4n) is 1.89. The molecule has 0 saturated carbocycles. The molecule has 2 aromatic heterocycles. The first-order valence-electron chi connectivity index (χ1n) is 6.20. The maximum Gasteiger partial charge on any atom is 0.129 e. The first-order chi connectivity index (χ1) is 8.83. The Kier molecular flexibility index (Phi) is 4.36. The second-order valence-electron chi connectivity index (χ2n) is 4.15. The lowest BCUT2D eigenvalue weighted by Gasteiger charge is -2.21. The minimum absolute atomic E-state index is 0.750. The van der Waals surface area contributed by atoms with Gasteiger partial charge in [0.25, 0.3) is 0 Å². The van der Waals surface area contributed by atoms with Crippen molar-refractivity contribution in [2.24, 2.45) is 0 Å². The van der Waals surface area contributed by atoms with E-state index < -0.39 is 0 Å². The minimum Gasteiger partial charge on any atom is -0.467 e. The van der Waals surface area contributed by atoms with Gasteiger partial charge in [-0.1, -0.05) is 0 Å². The van der Waals surface area contributed by atoms with E-state index in [9.17, 15) is 0 Å². The predicted molar refractivity (Wildman–Crippen MR) is 72.4 cm³/mol. The van der Waals surface area contributed by atoms with Gasteiger partial charge in [-0.25, -0.2) is 4.98 Å². The van der Waals surface area contributed by atoms with Crippen molar-refractivity contribution in [2.75, 3.05) is 18.5 Å². The van der Waals surface area contributed by atoms with Gasteiger partial charge >= 0.3 is 0 Å². The van der Waals surface area contributed by atoms with Crippen molar-refractivity contribution in [3.63, 3.8) is 0 Å². The van der Waals surface area contributed by atoms with Gasteiger partial charge in [0.2, 0.25) is 0 Å². The third-order valence-corrected chi connectivity index (χ3v) is 2.82. The van der Waals surface area contributed by atoms with Gasteiger partial charge in [0.05, 0.1) is 12.8 Å². The van der Waals surface area contributed by atoms with E-state index in [1.54, 1.807) is 6.26 Å². The Morgan fingerprint density at radius 1 is 1.39 bits per heavy atom. The molecule has 0 unspecified atom stereocenters. The highest BCUT2D eigenvalue weighted by Crippen LogP contribution is 2.16. The van der Waals surface area contributed by atoms with Gasteiger partial charge in [-0.3, -0.25) is 0 Å². The molecule has 0 spiro atoms. The number of rotatable bonds is 6. The summed E-state index contributed by atoms with van der Waals surface area (Å²) in [5.74, 6) is 1.94. The van der Waals surface area contributed by atoms with Crippen molar-refractivity contribution in [1.29, 1.82) is 0 Å². The molecule has 0 radical (unpaired) electrons. The summed E-state index contributed by atoms with van der Waals surface area (Å²) in [6, 6.07) is 8.04. The highest BCUT2D eigenvalue weighted by Gasteiger charge is 2.08. The van der Waals surface area contributed by atoms with Gasteiger partial charge in [0, 0.05) is 19.3 Å². The van der Waals surface area contributed by atoms with E-state index in [-0.39, 0.29) is 0 Å². The van der Waals surface area contributed by atoms with Gasteiger partial charge in [-0.15, -0.1) is 0 Å². The molecule has 4 heteroatoms. The van der Waals surface area contributed by atoms with Crippen LogP contribution in [0.2, 0.25) is 0 Å². The Balaban J connectivity index is 2.13. The van der Waals surface area contributed by atoms with Gasteiger partial charge in [-0.2, -0.15) is 0 Å². The average Bonchev–Trinajstić information content (AvgIpc) is 2.89. The third kappa shape index (κ3) is 3.11. The molecule has 2 heterocycles. The molecular formula is C14H19N3O. The number of anilines is 1. The number of hydrogen-bond acceptors (Lipinski definition) is 4. The molecule has 0 amide bonds. The van der Waals surface area contributed by atoms with Crippen molar-refractivity contribution in [2.45, 2.75) is 20.0 Å². The summed E-state index contributed by atoms with van der Waals surface area (Å²) in [5.41, 5.74) is 1.24. The number of hydrogen-bond donors (Lipinski definition) is 1. The Morgan fingerprint density at radius 3 is 2.94 bits per heavy atom. The van der Waals surface area contributed by atoms with Crippen molar-refractivity contribution >= 4 is 5.82 Å². The van der Waals surface area contributed by atoms with Crippen LogP contribution in [0.3, 0.4) is 0 Å². The second kappa shape index (κ2) is 6.21. The van der Waals surface area contributed by atoms with Crippen LogP contribution in [0.1, 0.15) is 18.2 Å². The molecular weight excluding hydrogens is 226 g/mol. The molecule has 18 heavy (non-hydrogen) atoms. The number of furan rings is 1. The first-order valence-corrected chi connectivity index (χ1v) is 6.20. The summed E-state index contributed by atoms with van der Waals surface area (Å²) in [6.07, 6.45) is 3.56. The highest BCUT2D eigenvalue weighted by atomic mass is 16.3. The number of nitrogens with one attached hydrogen (secondary N) is 1. The molecule has 0 aliphatic carbocycles. The van der Waals surface area contributed by atoms with E-state index in [4.69, 9.17) is 4.42 Å². The summed E-state index contributed by atoms with van der Waals surface area (Å²) in [5, 5.41) is 3.15. The van der Waals surface area contributed by atoms with Crippen LogP contribution < -0.4 is 10.2 Å². The van der Waals surface area contributed by atoms with Crippen molar-refractivity contribution in [1.82, 2.24) is 10.3 Å². The Hall–Kier alpha value is -1.81. The molecule has 2 rings (SSSR count). The third-order valence-electron chi connectivity index (χ3n) is 2.82. The lowest BCUT2D eigenvalue weighted by atomic mass is 10.2. The largest absolute Gasteiger partial charge is 0.467 e. The van der Waals surface area contributed by atoms with Crippen LogP contribution in [0, 0.1) is 0 Å². The first kappa shape index (κ1) is 12.6. The topological polar surface area (TPSA) is 41.3 Å². The van der Waals surface area contributed by atoms with Crippen LogP contribution in [0.25, 0.3) is 0 Å². The van der Waals surface area contributed by atoms with Gasteiger partial charge < -0.3 is 14.6 Å². The summed E-state index contributed by atoms with van der Waals surface area (Å²) >= 11 is 0. The SMILES string of the molecule is CCN(Cc1ccco1)c1cc(CNC)ccn1. The van der Waals surface area contributed by atoms with Crippen molar-refractivity contribution in [3.8, 4) is 0 Å². The molecule has 0 aliphatic rings. The molecule has 1 N–H and O–H groups in total. The lowest BCUT2D eigenvalue weighted by molar-refractivity contribution is 0.503. The van der Waals surface area contributed by atoms with E-state index in [1.807, 2.05) is 31.4 Å². The Labute approximate surface area is 108 Å². The normalized spacial score (nSPS) is 10.6. The maximum atomic E-state index is 5.38. The molecule has 4 nitrogen and oxygen atoms in total. The van der Waals surface area contributed by atoms with E-state index in [1.165, 1.54) is 5.56 Å². The molecule has 0 saturated heterocycles. The molecule has 96 valence electrons. The summed E-state index contributed by atoms with van der Waals surface area (Å²) in [7, 11) is 1.94. The zero-order valence-electron chi connectivity index (χ0n) is 10.9. The second-order valence-corrected chi connectivity index (χ2v) is 4.15. The molecule has 2 aromatic rings. The quantitative estimate of drug-likeness (QED) is 0.848. The Morgan fingerprint density at radius 2 is 2.28 bits per heavy atom. The van der Waals surface area contributed by atoms with E-state index >= 15 is 0 Å². The maximum absolute atomic E-state index is 5.38. The van der Waals surface area contributed by atoms with Crippen molar-refractivity contribution < 1.29 is 4.42 Å². The van der Waals surface area contributed by atoms with Crippen molar-refractivity contribution in [3.05, 3.63) is 48.0 Å². The molecule has 0 atom stereocenters. The lowest BCUT2D eigenvalue weighted by Crippen LogP contribution is -2.23. The summed E-state index contributed by atoms with van der Waals surface area (Å²) < 4.78 is 5.38. The van der Waals surface area contributed by atoms with Crippen LogP contribution >= 0.6 is 0 Å². The van der Waals surface area contributed by atoms with E-state index in [0.29, 0.717) is 0 Å². The fourth-order valence-corrected chi connectivity index (χ4v) is 1.89. The van der Waals surface area contributed by atoms with Gasteiger partial charge in [0.15, 0.2) is 0 Å². The Bertz CT molecular complexity index is 468. The van der Waals surface area contributed by atoms with E-state index in [2.05, 4.69) is 28.2 Å². The average molecular weight is 245 g/mol. The zero-order valence-corrected chi connectivity index (χ0v) is 10.9. The van der Waals surface area contributed by atoms with Crippen LogP contribution in [0.15, 0.2) is 41.1 Å². The molecule has 0 bridgehead atoms. The standard InChI is InChI=1S/C14H19N3O/c1-3-17(11-13-5-4-8-18-13)14-9-12(10-15-2)6-7-16-14/h4-9,15H,3,10-11H2,1-2H3. The molecule has 0 fully saturated rings. The molecule has 0 aromatic carbocycles. The fraction of sp³-hybridized carbons (Fsp3) is 0.357. The predicted octanol–water partition coefficient (Wildman–Crippen LogP) is 2.42. The number of aromatic nitrogens is 1. The van der Waals surface area contributed by atoms with Gasteiger partial charge in [0.1, 0.15) is 11.6 Å². The number of pyridine rings is 1. The monoisotopic (exact) mass is 245 g/mol. The minimum atomic E-state index is 0.750. The summed E-state index contributed by atoms with van der Waals surface area (Å²) in [6.45, 7) is 4.62. The summed E-state index contributed by atoms with van der Waals surface area (Å²) in [4.78, 5) is 6.62. The van der Waals surface area contributed by atoms with Crippen LogP contribution in [-0.2, 0) is 13.1 Å². The van der Waals surface area contributed by atoms with Crippen LogP contribution in [0.4, 0.5) is 5.82 Å². The molecule has 0 aliphatic heterocycles. The highest BCUT2D eigenvalue weighted by molar-refractivity contribution is 5.41. The smallest absolute Gasteiger partial charge is 0.129 e. The van der Waals surface area contributed by atoms with Crippen LogP contribution in [0.5, 0.6) is 0 Å². The van der Waals surface area contributed by atoms with Gasteiger partial charge in [-0.05, 0) is 43.8 Å². The van der Waals surface area contributed by atoms with Crippen LogP contribution in [-0.4, -0.2) is 18.6 Å². The zero-order chi connectivity index (χ0) is 12.8. The number of nitrogens with zero attached hydrogens (tertiary/aromatic N) is 2. The van der Waals surface area contributed by atoms with E-state index in [0.717, 1.165) is 31.2 Å².